The van der Waals surface area contributed by atoms with Gasteiger partial charge in [-0.05, 0) is 67.3 Å². The van der Waals surface area contributed by atoms with Gasteiger partial charge in [-0.3, -0.25) is 0 Å². The van der Waals surface area contributed by atoms with Gasteiger partial charge in [-0.2, -0.15) is 0 Å². The van der Waals surface area contributed by atoms with Crippen molar-refractivity contribution in [3.8, 4) is 5.75 Å². The van der Waals surface area contributed by atoms with Gasteiger partial charge >= 0.3 is 5.97 Å². The number of rotatable bonds is 6. The monoisotopic (exact) mass is 461 g/mol. The van der Waals surface area contributed by atoms with Crippen LogP contribution < -0.4 is 4.74 Å². The molecule has 0 N–H and O–H groups in total. The van der Waals surface area contributed by atoms with Crippen molar-refractivity contribution in [3.63, 3.8) is 0 Å². The van der Waals surface area contributed by atoms with Gasteiger partial charge in [0.25, 0.3) is 0 Å². The van der Waals surface area contributed by atoms with E-state index >= 15 is 0 Å². The summed E-state index contributed by atoms with van der Waals surface area (Å²) in [6.07, 6.45) is 3.23. The number of esters is 1. The Balaban J connectivity index is 0.00000259. The first-order valence-corrected chi connectivity index (χ1v) is 11.3. The summed E-state index contributed by atoms with van der Waals surface area (Å²) in [7, 11) is 0. The van der Waals surface area contributed by atoms with Crippen LogP contribution in [0.4, 0.5) is 0 Å². The Labute approximate surface area is 200 Å². The molecule has 33 heavy (non-hydrogen) atoms. The SMILES string of the molecule is Cl.O=C(Oc1cccc(C2CCCN(CCc3cc4ccccc4o3)C2)c1)c1ccccc1. The molecule has 3 aromatic carbocycles. The van der Waals surface area contributed by atoms with Crippen molar-refractivity contribution >= 4 is 29.3 Å². The fourth-order valence-corrected chi connectivity index (χ4v) is 4.53. The summed E-state index contributed by atoms with van der Waals surface area (Å²) >= 11 is 0. The van der Waals surface area contributed by atoms with E-state index in [1.807, 2.05) is 54.6 Å². The summed E-state index contributed by atoms with van der Waals surface area (Å²) < 4.78 is 11.6. The minimum atomic E-state index is -0.321. The molecule has 4 nitrogen and oxygen atoms in total. The van der Waals surface area contributed by atoms with Gasteiger partial charge < -0.3 is 14.1 Å². The van der Waals surface area contributed by atoms with Crippen LogP contribution in [-0.4, -0.2) is 30.5 Å². The molecule has 0 radical (unpaired) electrons. The van der Waals surface area contributed by atoms with Crippen LogP contribution in [0.5, 0.6) is 5.75 Å². The number of fused-ring (bicyclic) bond motifs is 1. The van der Waals surface area contributed by atoms with Gasteiger partial charge in [0.2, 0.25) is 0 Å². The number of hydrogen-bond acceptors (Lipinski definition) is 4. The summed E-state index contributed by atoms with van der Waals surface area (Å²) in [5, 5.41) is 1.17. The van der Waals surface area contributed by atoms with Gasteiger partial charge in [-0.25, -0.2) is 4.79 Å². The van der Waals surface area contributed by atoms with Gasteiger partial charge in [0.05, 0.1) is 5.56 Å². The molecular formula is C28H28ClNO3. The lowest BCUT2D eigenvalue weighted by Crippen LogP contribution is -2.35. The highest BCUT2D eigenvalue weighted by Gasteiger charge is 2.22. The van der Waals surface area contributed by atoms with E-state index in [1.54, 1.807) is 12.1 Å². The number of carbonyl (C=O) groups is 1. The number of ether oxygens (including phenoxy) is 1. The average Bonchev–Trinajstić information content (AvgIpc) is 3.27. The molecule has 170 valence electrons. The molecule has 0 bridgehead atoms. The maximum Gasteiger partial charge on any atom is 0.343 e. The van der Waals surface area contributed by atoms with E-state index < -0.39 is 0 Å². The molecule has 1 atom stereocenters. The molecule has 1 saturated heterocycles. The third kappa shape index (κ3) is 5.65. The van der Waals surface area contributed by atoms with Gasteiger partial charge in [0, 0.05) is 24.9 Å². The number of carbonyl (C=O) groups excluding carboxylic acids is 1. The second kappa shape index (κ2) is 10.7. The van der Waals surface area contributed by atoms with Crippen LogP contribution in [0.15, 0.2) is 89.3 Å². The molecule has 1 fully saturated rings. The summed E-state index contributed by atoms with van der Waals surface area (Å²) in [4.78, 5) is 14.9. The molecule has 0 aliphatic carbocycles. The molecule has 1 aromatic heterocycles. The highest BCUT2D eigenvalue weighted by atomic mass is 35.5. The van der Waals surface area contributed by atoms with Gasteiger partial charge in [-0.1, -0.05) is 48.5 Å². The number of para-hydroxylation sites is 1. The zero-order valence-corrected chi connectivity index (χ0v) is 19.3. The fraction of sp³-hybridized carbons (Fsp3) is 0.250. The van der Waals surface area contributed by atoms with E-state index in [2.05, 4.69) is 23.1 Å². The first-order chi connectivity index (χ1) is 15.7. The van der Waals surface area contributed by atoms with Gasteiger partial charge in [0.15, 0.2) is 0 Å². The summed E-state index contributed by atoms with van der Waals surface area (Å²) in [5.74, 6) is 1.77. The van der Waals surface area contributed by atoms with Crippen LogP contribution in [0, 0.1) is 0 Å². The second-order valence-electron chi connectivity index (χ2n) is 8.47. The molecule has 0 amide bonds. The third-order valence-corrected chi connectivity index (χ3v) is 6.21. The largest absolute Gasteiger partial charge is 0.461 e. The summed E-state index contributed by atoms with van der Waals surface area (Å²) in [6.45, 7) is 3.11. The molecule has 1 aliphatic rings. The van der Waals surface area contributed by atoms with Crippen LogP contribution in [0.3, 0.4) is 0 Å². The average molecular weight is 462 g/mol. The van der Waals surface area contributed by atoms with E-state index in [-0.39, 0.29) is 18.4 Å². The highest BCUT2D eigenvalue weighted by Crippen LogP contribution is 2.30. The maximum atomic E-state index is 12.4. The van der Waals surface area contributed by atoms with Crippen LogP contribution in [0.1, 0.15) is 40.4 Å². The normalized spacial score (nSPS) is 16.3. The van der Waals surface area contributed by atoms with Crippen LogP contribution >= 0.6 is 12.4 Å². The third-order valence-electron chi connectivity index (χ3n) is 6.21. The molecule has 1 aliphatic heterocycles. The Morgan fingerprint density at radius 2 is 1.79 bits per heavy atom. The molecule has 5 heteroatoms. The molecule has 0 spiro atoms. The van der Waals surface area contributed by atoms with E-state index in [0.29, 0.717) is 17.2 Å². The first-order valence-electron chi connectivity index (χ1n) is 11.3. The van der Waals surface area contributed by atoms with Crippen molar-refractivity contribution in [1.82, 2.24) is 4.90 Å². The van der Waals surface area contributed by atoms with Crippen molar-refractivity contribution in [1.29, 1.82) is 0 Å². The van der Waals surface area contributed by atoms with E-state index in [1.165, 1.54) is 17.4 Å². The van der Waals surface area contributed by atoms with Crippen molar-refractivity contribution < 1.29 is 13.9 Å². The number of furan rings is 1. The molecule has 4 aromatic rings. The Hall–Kier alpha value is -3.08. The zero-order valence-electron chi connectivity index (χ0n) is 18.5. The second-order valence-corrected chi connectivity index (χ2v) is 8.47. The number of hydrogen-bond donors (Lipinski definition) is 0. The van der Waals surface area contributed by atoms with Crippen LogP contribution in [0.2, 0.25) is 0 Å². The Bertz CT molecular complexity index is 1170. The number of nitrogens with zero attached hydrogens (tertiary/aromatic N) is 1. The van der Waals surface area contributed by atoms with E-state index in [4.69, 9.17) is 9.15 Å². The molecular weight excluding hydrogens is 434 g/mol. The molecule has 2 heterocycles. The first kappa shape index (κ1) is 23.1. The standard InChI is InChI=1S/C28H27NO3.ClH/c30-28(21-8-2-1-3-9-21)32-25-13-6-11-22(18-25)24-12-7-16-29(20-24)17-15-26-19-23-10-4-5-14-27(23)31-26;/h1-6,8-11,13-14,18-19,24H,7,12,15-17,20H2;1H. The predicted octanol–water partition coefficient (Wildman–Crippen LogP) is 6.50. The lowest BCUT2D eigenvalue weighted by Gasteiger charge is -2.33. The summed E-state index contributed by atoms with van der Waals surface area (Å²) in [5.41, 5.74) is 2.75. The fourth-order valence-electron chi connectivity index (χ4n) is 4.53. The summed E-state index contributed by atoms with van der Waals surface area (Å²) in [6, 6.07) is 27.4. The minimum absolute atomic E-state index is 0. The van der Waals surface area contributed by atoms with Crippen LogP contribution in [-0.2, 0) is 6.42 Å². The van der Waals surface area contributed by atoms with Gasteiger partial charge in [0.1, 0.15) is 17.1 Å². The van der Waals surface area contributed by atoms with E-state index in [9.17, 15) is 4.79 Å². The van der Waals surface area contributed by atoms with Crippen molar-refractivity contribution in [2.45, 2.75) is 25.2 Å². The van der Waals surface area contributed by atoms with Gasteiger partial charge in [-0.15, -0.1) is 12.4 Å². The lowest BCUT2D eigenvalue weighted by molar-refractivity contribution is 0.0734. The van der Waals surface area contributed by atoms with Crippen molar-refractivity contribution in [2.24, 2.45) is 0 Å². The Morgan fingerprint density at radius 1 is 0.970 bits per heavy atom. The Kier molecular flexibility index (Phi) is 7.48. The zero-order chi connectivity index (χ0) is 21.8. The lowest BCUT2D eigenvalue weighted by atomic mass is 9.90. The quantitative estimate of drug-likeness (QED) is 0.243. The number of likely N-dealkylation sites (tertiary alicyclic amines) is 1. The predicted molar refractivity (Wildman–Crippen MR) is 133 cm³/mol. The van der Waals surface area contributed by atoms with E-state index in [0.717, 1.165) is 43.8 Å². The Morgan fingerprint density at radius 3 is 2.64 bits per heavy atom. The maximum absolute atomic E-state index is 12.4. The molecule has 0 saturated carbocycles. The van der Waals surface area contributed by atoms with Crippen molar-refractivity contribution in [2.75, 3.05) is 19.6 Å². The highest BCUT2D eigenvalue weighted by molar-refractivity contribution is 5.91. The number of benzene rings is 3. The number of piperidine rings is 1. The minimum Gasteiger partial charge on any atom is -0.461 e. The van der Waals surface area contributed by atoms with Crippen LogP contribution in [0.25, 0.3) is 11.0 Å². The van der Waals surface area contributed by atoms with Crippen molar-refractivity contribution in [3.05, 3.63) is 102 Å². The molecule has 1 unspecified atom stereocenters. The topological polar surface area (TPSA) is 42.7 Å². The smallest absolute Gasteiger partial charge is 0.343 e. The molecule has 5 rings (SSSR count). The number of halogens is 1.